The Labute approximate surface area is 205 Å². The van der Waals surface area contributed by atoms with Gasteiger partial charge in [-0.2, -0.15) is 13.2 Å². The molecule has 194 valence electrons. The van der Waals surface area contributed by atoms with Gasteiger partial charge >= 0.3 is 12.5 Å². The number of rotatable bonds is 7. The number of nitrogens with one attached hydrogen (secondary N) is 3. The van der Waals surface area contributed by atoms with Gasteiger partial charge in [-0.05, 0) is 19.1 Å². The first-order valence-corrected chi connectivity index (χ1v) is 10.7. The smallest absolute Gasteiger partial charge is 0.405 e. The zero-order valence-corrected chi connectivity index (χ0v) is 18.9. The van der Waals surface area contributed by atoms with Crippen LogP contribution in [-0.4, -0.2) is 51.0 Å². The second kappa shape index (κ2) is 9.95. The van der Waals surface area contributed by atoms with Crippen LogP contribution in [0.1, 0.15) is 6.92 Å². The van der Waals surface area contributed by atoms with E-state index in [2.05, 4.69) is 30.0 Å². The summed E-state index contributed by atoms with van der Waals surface area (Å²) in [6.45, 7) is -0.103. The van der Waals surface area contributed by atoms with Crippen LogP contribution in [-0.2, 0) is 4.79 Å². The standard InChI is InChI=1S/C23H18F6N6O2/c1-12(21(36)33-11-22(24,25)26)34-19-10-30-9-17(35-19)16-8-32-20-15(16)6-13(7-31-20)14-4-2-3-5-18(14)37-23(27,28)29/h2-10,12H,11H2,1H3,(H,31,32)(H,33,36)(H,34,35)/t12-/m1/s1. The SMILES string of the molecule is C[C@@H](Nc1cncc(-c2c[nH]c3ncc(-c4ccccc4OC(F)(F)F)cc23)n1)C(=O)NCC(F)(F)F. The zero-order chi connectivity index (χ0) is 26.8. The van der Waals surface area contributed by atoms with Gasteiger partial charge in [0.15, 0.2) is 0 Å². The summed E-state index contributed by atoms with van der Waals surface area (Å²) in [6, 6.07) is 6.20. The summed E-state index contributed by atoms with van der Waals surface area (Å²) >= 11 is 0. The predicted molar refractivity (Wildman–Crippen MR) is 121 cm³/mol. The van der Waals surface area contributed by atoms with Crippen molar-refractivity contribution in [1.82, 2.24) is 25.3 Å². The number of alkyl halides is 6. The van der Waals surface area contributed by atoms with Crippen LogP contribution >= 0.6 is 0 Å². The number of ether oxygens (including phenoxy) is 1. The van der Waals surface area contributed by atoms with Crippen LogP contribution in [0.25, 0.3) is 33.4 Å². The average Bonchev–Trinajstić information content (AvgIpc) is 3.25. The number of halogens is 6. The van der Waals surface area contributed by atoms with Gasteiger partial charge in [0.2, 0.25) is 5.91 Å². The van der Waals surface area contributed by atoms with Gasteiger partial charge < -0.3 is 20.4 Å². The quantitative estimate of drug-likeness (QED) is 0.292. The van der Waals surface area contributed by atoms with Gasteiger partial charge in [-0.15, -0.1) is 13.2 Å². The number of aromatic nitrogens is 4. The van der Waals surface area contributed by atoms with E-state index in [1.807, 2.05) is 0 Å². The zero-order valence-electron chi connectivity index (χ0n) is 18.9. The molecule has 0 aliphatic heterocycles. The molecule has 0 radical (unpaired) electrons. The normalized spacial score (nSPS) is 12.8. The van der Waals surface area contributed by atoms with Gasteiger partial charge in [0, 0.05) is 34.5 Å². The van der Waals surface area contributed by atoms with Crippen molar-refractivity contribution < 1.29 is 35.9 Å². The molecule has 14 heteroatoms. The van der Waals surface area contributed by atoms with E-state index in [0.717, 1.165) is 0 Å². The van der Waals surface area contributed by atoms with Crippen LogP contribution < -0.4 is 15.4 Å². The highest BCUT2D eigenvalue weighted by Crippen LogP contribution is 2.36. The van der Waals surface area contributed by atoms with Crippen LogP contribution in [0, 0.1) is 0 Å². The Bertz CT molecular complexity index is 1420. The van der Waals surface area contributed by atoms with Crippen molar-refractivity contribution >= 4 is 22.8 Å². The molecule has 0 saturated carbocycles. The molecule has 1 aromatic carbocycles. The minimum atomic E-state index is -4.88. The maximum absolute atomic E-state index is 12.9. The summed E-state index contributed by atoms with van der Waals surface area (Å²) in [6.07, 6.45) is -3.75. The lowest BCUT2D eigenvalue weighted by Crippen LogP contribution is -2.42. The van der Waals surface area contributed by atoms with Gasteiger partial charge in [-0.3, -0.25) is 9.78 Å². The Hall–Kier alpha value is -4.36. The number of H-pyrrole nitrogens is 1. The molecule has 0 bridgehead atoms. The van der Waals surface area contributed by atoms with Crippen LogP contribution in [0.2, 0.25) is 0 Å². The summed E-state index contributed by atoms with van der Waals surface area (Å²) < 4.78 is 79.8. The van der Waals surface area contributed by atoms with E-state index < -0.39 is 36.8 Å². The second-order valence-electron chi connectivity index (χ2n) is 7.86. The summed E-state index contributed by atoms with van der Waals surface area (Å²) in [7, 11) is 0. The molecule has 1 atom stereocenters. The Morgan fingerprint density at radius 3 is 2.57 bits per heavy atom. The second-order valence-corrected chi connectivity index (χ2v) is 7.86. The monoisotopic (exact) mass is 524 g/mol. The molecule has 0 saturated heterocycles. The van der Waals surface area contributed by atoms with E-state index >= 15 is 0 Å². The first kappa shape index (κ1) is 25.7. The molecule has 3 N–H and O–H groups in total. The third-order valence-electron chi connectivity index (χ3n) is 5.09. The number of para-hydroxylation sites is 1. The van der Waals surface area contributed by atoms with Crippen LogP contribution in [0.5, 0.6) is 5.75 Å². The summed E-state index contributed by atoms with van der Waals surface area (Å²) in [5.41, 5.74) is 1.77. The maximum atomic E-state index is 12.9. The van der Waals surface area contributed by atoms with Crippen molar-refractivity contribution in [2.75, 3.05) is 11.9 Å². The topological polar surface area (TPSA) is 105 Å². The Morgan fingerprint density at radius 1 is 1.08 bits per heavy atom. The van der Waals surface area contributed by atoms with E-state index in [9.17, 15) is 31.1 Å². The molecule has 37 heavy (non-hydrogen) atoms. The third-order valence-corrected chi connectivity index (χ3v) is 5.09. The van der Waals surface area contributed by atoms with Crippen LogP contribution in [0.4, 0.5) is 32.2 Å². The summed E-state index contributed by atoms with van der Waals surface area (Å²) in [5.74, 6) is -1.16. The van der Waals surface area contributed by atoms with Crippen molar-refractivity contribution in [2.45, 2.75) is 25.5 Å². The fourth-order valence-electron chi connectivity index (χ4n) is 3.47. The van der Waals surface area contributed by atoms with Gasteiger partial charge in [0.1, 0.15) is 29.8 Å². The third kappa shape index (κ3) is 6.45. The number of anilines is 1. The van der Waals surface area contributed by atoms with Crippen LogP contribution in [0.15, 0.2) is 55.1 Å². The van der Waals surface area contributed by atoms with Gasteiger partial charge in [-0.25, -0.2) is 9.97 Å². The fourth-order valence-corrected chi connectivity index (χ4v) is 3.47. The Kier molecular flexibility index (Phi) is 6.92. The Morgan fingerprint density at radius 2 is 1.84 bits per heavy atom. The number of hydrogen-bond donors (Lipinski definition) is 3. The molecule has 0 aliphatic rings. The van der Waals surface area contributed by atoms with Gasteiger partial charge in [0.25, 0.3) is 0 Å². The lowest BCUT2D eigenvalue weighted by Gasteiger charge is -2.15. The van der Waals surface area contributed by atoms with E-state index in [1.54, 1.807) is 23.6 Å². The van der Waals surface area contributed by atoms with Gasteiger partial charge in [-0.1, -0.05) is 18.2 Å². The number of aromatic amines is 1. The molecule has 4 aromatic rings. The van der Waals surface area contributed by atoms with E-state index in [-0.39, 0.29) is 11.4 Å². The van der Waals surface area contributed by atoms with Crippen molar-refractivity contribution in [2.24, 2.45) is 0 Å². The molecule has 0 spiro atoms. The summed E-state index contributed by atoms with van der Waals surface area (Å²) in [4.78, 5) is 27.6. The highest BCUT2D eigenvalue weighted by Gasteiger charge is 2.32. The number of hydrogen-bond acceptors (Lipinski definition) is 6. The fraction of sp³-hybridized carbons (Fsp3) is 0.217. The van der Waals surface area contributed by atoms with Gasteiger partial charge in [0.05, 0.1) is 18.1 Å². The molecule has 0 fully saturated rings. The largest absolute Gasteiger partial charge is 0.573 e. The lowest BCUT2D eigenvalue weighted by atomic mass is 10.0. The maximum Gasteiger partial charge on any atom is 0.573 e. The molecule has 4 rings (SSSR count). The van der Waals surface area contributed by atoms with Crippen molar-refractivity contribution in [3.05, 3.63) is 55.1 Å². The lowest BCUT2D eigenvalue weighted by molar-refractivity contribution is -0.274. The number of benzene rings is 1. The molecule has 3 heterocycles. The van der Waals surface area contributed by atoms with Crippen molar-refractivity contribution in [1.29, 1.82) is 0 Å². The number of pyridine rings is 1. The predicted octanol–water partition coefficient (Wildman–Crippen LogP) is 5.06. The number of carbonyl (C=O) groups excluding carboxylic acids is 1. The van der Waals surface area contributed by atoms with Crippen molar-refractivity contribution in [3.8, 4) is 28.1 Å². The number of nitrogens with zero attached hydrogens (tertiary/aromatic N) is 3. The minimum Gasteiger partial charge on any atom is -0.405 e. The first-order valence-electron chi connectivity index (χ1n) is 10.7. The minimum absolute atomic E-state index is 0.120. The highest BCUT2D eigenvalue weighted by molar-refractivity contribution is 5.95. The molecule has 8 nitrogen and oxygen atoms in total. The molecular weight excluding hydrogens is 506 g/mol. The number of carbonyl (C=O) groups is 1. The highest BCUT2D eigenvalue weighted by atomic mass is 19.4. The number of fused-ring (bicyclic) bond motifs is 1. The summed E-state index contributed by atoms with van der Waals surface area (Å²) in [5, 5.41) is 4.99. The Balaban J connectivity index is 1.62. The molecular formula is C23H18F6N6O2. The molecule has 3 aromatic heterocycles. The average molecular weight is 524 g/mol. The van der Waals surface area contributed by atoms with Crippen LogP contribution in [0.3, 0.4) is 0 Å². The van der Waals surface area contributed by atoms with E-state index in [0.29, 0.717) is 27.9 Å². The first-order chi connectivity index (χ1) is 17.4. The molecule has 0 aliphatic carbocycles. The van der Waals surface area contributed by atoms with E-state index in [4.69, 9.17) is 0 Å². The van der Waals surface area contributed by atoms with E-state index in [1.165, 1.54) is 43.7 Å². The molecule has 0 unspecified atom stereocenters. The molecule has 1 amide bonds. The van der Waals surface area contributed by atoms with Crippen molar-refractivity contribution in [3.63, 3.8) is 0 Å². The number of amides is 1.